The second kappa shape index (κ2) is 10.2. The van der Waals surface area contributed by atoms with E-state index in [-0.39, 0.29) is 22.8 Å². The summed E-state index contributed by atoms with van der Waals surface area (Å²) in [7, 11) is 1.39. The van der Waals surface area contributed by atoms with E-state index in [4.69, 9.17) is 15.2 Å². The molecular formula is C30H22F3N3O4. The quantitative estimate of drug-likeness (QED) is 0.250. The largest absolute Gasteiger partial charge is 0.491 e. The Hall–Kier alpha value is -5.12. The number of halogens is 3. The van der Waals surface area contributed by atoms with E-state index in [1.54, 1.807) is 42.5 Å². The van der Waals surface area contributed by atoms with Gasteiger partial charge in [0.15, 0.2) is 5.96 Å². The molecule has 4 aromatic carbocycles. The molecule has 10 heteroatoms. The number of benzene rings is 4. The van der Waals surface area contributed by atoms with Crippen molar-refractivity contribution in [1.29, 1.82) is 0 Å². The number of hydrogen-bond donors (Lipinski definition) is 1. The summed E-state index contributed by atoms with van der Waals surface area (Å²) >= 11 is 0. The highest BCUT2D eigenvalue weighted by molar-refractivity contribution is 6.10. The van der Waals surface area contributed by atoms with Crippen molar-refractivity contribution in [3.63, 3.8) is 0 Å². The lowest BCUT2D eigenvalue weighted by atomic mass is 9.80. The van der Waals surface area contributed by atoms with Gasteiger partial charge in [-0.2, -0.15) is 13.2 Å². The Morgan fingerprint density at radius 1 is 0.850 bits per heavy atom. The van der Waals surface area contributed by atoms with Gasteiger partial charge in [-0.1, -0.05) is 84.9 Å². The Morgan fingerprint density at radius 3 is 2.08 bits per heavy atom. The van der Waals surface area contributed by atoms with Crippen LogP contribution in [0.2, 0.25) is 0 Å². The van der Waals surface area contributed by atoms with Crippen molar-refractivity contribution in [3.8, 4) is 28.4 Å². The van der Waals surface area contributed by atoms with Gasteiger partial charge < -0.3 is 15.2 Å². The van der Waals surface area contributed by atoms with E-state index in [1.165, 1.54) is 25.2 Å². The number of esters is 1. The van der Waals surface area contributed by atoms with Crippen molar-refractivity contribution < 1.29 is 32.2 Å². The first-order valence-electron chi connectivity index (χ1n) is 12.1. The molecule has 0 saturated carbocycles. The van der Waals surface area contributed by atoms with Crippen LogP contribution in [-0.4, -0.2) is 36.0 Å². The van der Waals surface area contributed by atoms with Gasteiger partial charge in [0.2, 0.25) is 5.54 Å². The third-order valence-electron chi connectivity index (χ3n) is 6.40. The lowest BCUT2D eigenvalue weighted by molar-refractivity contribution is -0.189. The molecule has 0 bridgehead atoms. The van der Waals surface area contributed by atoms with Crippen LogP contribution in [0.5, 0.6) is 17.2 Å². The van der Waals surface area contributed by atoms with Crippen LogP contribution in [0.4, 0.5) is 13.2 Å². The molecule has 1 unspecified atom stereocenters. The number of likely N-dealkylation sites (N-methyl/N-ethyl adjacent to an activating group) is 1. The average molecular weight is 546 g/mol. The molecule has 0 fully saturated rings. The number of hydrogen-bond acceptors (Lipinski definition) is 6. The summed E-state index contributed by atoms with van der Waals surface area (Å²) in [4.78, 5) is 31.5. The van der Waals surface area contributed by atoms with Crippen molar-refractivity contribution in [2.75, 3.05) is 7.05 Å². The number of guanidine groups is 1. The fourth-order valence-corrected chi connectivity index (χ4v) is 4.53. The summed E-state index contributed by atoms with van der Waals surface area (Å²) in [5, 5.41) is 0. The van der Waals surface area contributed by atoms with Crippen molar-refractivity contribution in [3.05, 3.63) is 114 Å². The van der Waals surface area contributed by atoms with Crippen LogP contribution in [0, 0.1) is 0 Å². The van der Waals surface area contributed by atoms with Crippen molar-refractivity contribution in [1.82, 2.24) is 4.90 Å². The van der Waals surface area contributed by atoms with Gasteiger partial charge in [-0.15, -0.1) is 0 Å². The second-order valence-electron chi connectivity index (χ2n) is 8.89. The summed E-state index contributed by atoms with van der Waals surface area (Å²) in [6.45, 7) is 0. The molecule has 5 rings (SSSR count). The molecule has 2 N–H and O–H groups in total. The number of alkyl halides is 3. The zero-order chi connectivity index (χ0) is 28.5. The van der Waals surface area contributed by atoms with Gasteiger partial charge in [0, 0.05) is 23.7 Å². The molecule has 1 atom stereocenters. The van der Waals surface area contributed by atoms with E-state index in [0.717, 1.165) is 16.5 Å². The summed E-state index contributed by atoms with van der Waals surface area (Å²) in [6, 6.07) is 28.5. The van der Waals surface area contributed by atoms with Gasteiger partial charge in [-0.3, -0.25) is 9.69 Å². The van der Waals surface area contributed by atoms with Crippen LogP contribution < -0.4 is 15.2 Å². The molecule has 0 spiro atoms. The van der Waals surface area contributed by atoms with E-state index >= 15 is 0 Å². The van der Waals surface area contributed by atoms with Gasteiger partial charge in [0.05, 0.1) is 0 Å². The summed E-state index contributed by atoms with van der Waals surface area (Å²) < 4.78 is 50.7. The SMILES string of the molecule is CN1C(=O)C(c2ccccc2OC(=O)C(F)(F)F)(c2cccc(-c3ccccc3)c2Oc2ccccc2)N=C1N. The number of nitrogens with zero attached hydrogens (tertiary/aromatic N) is 2. The first-order chi connectivity index (χ1) is 19.1. The molecule has 1 heterocycles. The first kappa shape index (κ1) is 26.5. The zero-order valence-corrected chi connectivity index (χ0v) is 21.1. The molecule has 1 amide bonds. The minimum atomic E-state index is -5.27. The number of carbonyl (C=O) groups is 2. The molecule has 1 aliphatic heterocycles. The van der Waals surface area contributed by atoms with Crippen LogP contribution in [0.3, 0.4) is 0 Å². The normalized spacial score (nSPS) is 16.9. The highest BCUT2D eigenvalue weighted by atomic mass is 19.4. The zero-order valence-electron chi connectivity index (χ0n) is 21.1. The Labute approximate surface area is 227 Å². The Bertz CT molecular complexity index is 1610. The maximum atomic E-state index is 14.0. The van der Waals surface area contributed by atoms with Crippen LogP contribution in [-0.2, 0) is 15.1 Å². The highest BCUT2D eigenvalue weighted by Crippen LogP contribution is 2.50. The number of aliphatic imine (C=N–C) groups is 1. The molecular weight excluding hydrogens is 523 g/mol. The maximum Gasteiger partial charge on any atom is 0.491 e. The van der Waals surface area contributed by atoms with Crippen LogP contribution >= 0.6 is 0 Å². The predicted molar refractivity (Wildman–Crippen MR) is 142 cm³/mol. The molecule has 40 heavy (non-hydrogen) atoms. The standard InChI is InChI=1S/C30H22F3N3O4/c1-36-26(37)29(35-28(36)34,22-16-8-9-18-24(22)40-27(38)30(31,32)33)23-17-10-15-21(19-11-4-2-5-12-19)25(23)39-20-13-6-3-7-14-20/h2-18H,1H3,(H2,34,35). The van der Waals surface area contributed by atoms with Crippen molar-refractivity contribution >= 4 is 17.8 Å². The Morgan fingerprint density at radius 2 is 1.45 bits per heavy atom. The minimum Gasteiger partial charge on any atom is -0.456 e. The highest BCUT2D eigenvalue weighted by Gasteiger charge is 2.53. The molecule has 4 aromatic rings. The third kappa shape index (κ3) is 4.64. The molecule has 1 aliphatic rings. The van der Waals surface area contributed by atoms with Crippen molar-refractivity contribution in [2.45, 2.75) is 11.7 Å². The van der Waals surface area contributed by atoms with Crippen LogP contribution in [0.25, 0.3) is 11.1 Å². The smallest absolute Gasteiger partial charge is 0.456 e. The van der Waals surface area contributed by atoms with E-state index in [9.17, 15) is 22.8 Å². The molecule has 0 radical (unpaired) electrons. The summed E-state index contributed by atoms with van der Waals surface area (Å²) in [6.07, 6.45) is -5.27. The Kier molecular flexibility index (Phi) is 6.76. The van der Waals surface area contributed by atoms with Gasteiger partial charge >= 0.3 is 12.1 Å². The van der Waals surface area contributed by atoms with Crippen LogP contribution in [0.15, 0.2) is 108 Å². The average Bonchev–Trinajstić information content (AvgIpc) is 3.18. The molecule has 202 valence electrons. The molecule has 0 aromatic heterocycles. The van der Waals surface area contributed by atoms with Crippen LogP contribution in [0.1, 0.15) is 11.1 Å². The number of rotatable bonds is 6. The van der Waals surface area contributed by atoms with Gasteiger partial charge in [-0.25, -0.2) is 9.79 Å². The molecule has 0 aliphatic carbocycles. The van der Waals surface area contributed by atoms with Gasteiger partial charge in [-0.05, 0) is 23.8 Å². The predicted octanol–water partition coefficient (Wildman–Crippen LogP) is 5.64. The van der Waals surface area contributed by atoms with Gasteiger partial charge in [0.25, 0.3) is 5.91 Å². The summed E-state index contributed by atoms with van der Waals surface area (Å²) in [5.74, 6) is -3.14. The van der Waals surface area contributed by atoms with E-state index in [2.05, 4.69) is 4.99 Å². The van der Waals surface area contributed by atoms with E-state index < -0.39 is 29.3 Å². The Balaban J connectivity index is 1.82. The van der Waals surface area contributed by atoms with Gasteiger partial charge in [0.1, 0.15) is 17.2 Å². The number of ether oxygens (including phenoxy) is 2. The topological polar surface area (TPSA) is 94.2 Å². The molecule has 0 saturated heterocycles. The van der Waals surface area contributed by atoms with Crippen molar-refractivity contribution in [2.24, 2.45) is 10.7 Å². The summed E-state index contributed by atoms with van der Waals surface area (Å²) in [5.41, 5.74) is 5.47. The maximum absolute atomic E-state index is 14.0. The number of nitrogens with two attached hydrogens (primary N) is 1. The number of para-hydroxylation sites is 3. The number of amides is 1. The fourth-order valence-electron chi connectivity index (χ4n) is 4.53. The second-order valence-corrected chi connectivity index (χ2v) is 8.89. The number of carbonyl (C=O) groups excluding carboxylic acids is 2. The third-order valence-corrected chi connectivity index (χ3v) is 6.40. The minimum absolute atomic E-state index is 0.118. The van der Waals surface area contributed by atoms with E-state index in [1.807, 2.05) is 36.4 Å². The molecule has 7 nitrogen and oxygen atoms in total. The first-order valence-corrected chi connectivity index (χ1v) is 12.1. The van der Waals surface area contributed by atoms with E-state index in [0.29, 0.717) is 11.3 Å². The lowest BCUT2D eigenvalue weighted by Gasteiger charge is -2.30. The fraction of sp³-hybridized carbons (Fsp3) is 0.100. The monoisotopic (exact) mass is 545 g/mol. The lowest BCUT2D eigenvalue weighted by Crippen LogP contribution is -2.41.